The van der Waals surface area contributed by atoms with Crippen molar-refractivity contribution in [1.29, 1.82) is 0 Å². The van der Waals surface area contributed by atoms with E-state index in [9.17, 15) is 9.59 Å². The smallest absolute Gasteiger partial charge is 0.334 e. The maximum atomic E-state index is 11.5. The third-order valence-corrected chi connectivity index (χ3v) is 3.37. The number of rotatable bonds is 10. The second-order valence-corrected chi connectivity index (χ2v) is 5.02. The molecule has 0 amide bonds. The molecule has 1 rings (SSSR count). The summed E-state index contributed by atoms with van der Waals surface area (Å²) in [7, 11) is 1.68. The molecule has 0 radical (unpaired) electrons. The van der Waals surface area contributed by atoms with Crippen molar-refractivity contribution in [3.8, 4) is 0 Å². The molecule has 0 aromatic heterocycles. The second kappa shape index (κ2) is 8.86. The summed E-state index contributed by atoms with van der Waals surface area (Å²) >= 11 is 0. The molecule has 0 fully saturated rings. The Morgan fingerprint density at radius 3 is 2.68 bits per heavy atom. The summed E-state index contributed by atoms with van der Waals surface area (Å²) in [6, 6.07) is 0. The first-order valence-corrected chi connectivity index (χ1v) is 7.05. The molecular formula is C15H24O4. The van der Waals surface area contributed by atoms with E-state index in [4.69, 9.17) is 9.47 Å². The Morgan fingerprint density at radius 1 is 1.37 bits per heavy atom. The number of hydrogen-bond acceptors (Lipinski definition) is 4. The van der Waals surface area contributed by atoms with Gasteiger partial charge in [-0.05, 0) is 25.8 Å². The van der Waals surface area contributed by atoms with Crippen LogP contribution in [0.3, 0.4) is 0 Å². The van der Waals surface area contributed by atoms with E-state index in [1.54, 1.807) is 7.11 Å². The van der Waals surface area contributed by atoms with Crippen LogP contribution < -0.4 is 0 Å². The summed E-state index contributed by atoms with van der Waals surface area (Å²) in [6.45, 7) is 1.86. The van der Waals surface area contributed by atoms with E-state index < -0.39 is 0 Å². The lowest BCUT2D eigenvalue weighted by atomic mass is 10.0. The van der Waals surface area contributed by atoms with Gasteiger partial charge in [0.2, 0.25) is 0 Å². The standard InChI is InChI=1S/C15H24O4/c1-12-10-13(15(17)19-12)11-14(18-2)8-6-4-3-5-7-9-16/h9-10,12,14H,3-8,11H2,1-2H3. The summed E-state index contributed by atoms with van der Waals surface area (Å²) in [6.07, 6.45) is 9.26. The Hall–Kier alpha value is -1.16. The second-order valence-electron chi connectivity index (χ2n) is 5.02. The van der Waals surface area contributed by atoms with Crippen molar-refractivity contribution in [3.63, 3.8) is 0 Å². The molecule has 19 heavy (non-hydrogen) atoms. The van der Waals surface area contributed by atoms with Gasteiger partial charge in [-0.15, -0.1) is 0 Å². The van der Waals surface area contributed by atoms with Gasteiger partial charge >= 0.3 is 5.97 Å². The molecule has 1 aliphatic heterocycles. The monoisotopic (exact) mass is 268 g/mol. The molecule has 0 bridgehead atoms. The van der Waals surface area contributed by atoms with E-state index in [2.05, 4.69) is 0 Å². The van der Waals surface area contributed by atoms with Crippen LogP contribution in [-0.4, -0.2) is 31.6 Å². The third kappa shape index (κ3) is 6.01. The number of hydrogen-bond donors (Lipinski definition) is 0. The molecule has 1 heterocycles. The number of methoxy groups -OCH3 is 1. The molecule has 1 aliphatic rings. The zero-order valence-corrected chi connectivity index (χ0v) is 11.9. The van der Waals surface area contributed by atoms with Gasteiger partial charge in [0.05, 0.1) is 6.10 Å². The first-order chi connectivity index (χ1) is 9.17. The highest BCUT2D eigenvalue weighted by Crippen LogP contribution is 2.21. The fourth-order valence-electron chi connectivity index (χ4n) is 2.28. The van der Waals surface area contributed by atoms with Crippen LogP contribution in [0.4, 0.5) is 0 Å². The minimum Gasteiger partial charge on any atom is -0.455 e. The quantitative estimate of drug-likeness (QED) is 0.347. The summed E-state index contributed by atoms with van der Waals surface area (Å²) in [4.78, 5) is 21.7. The maximum absolute atomic E-state index is 11.5. The van der Waals surface area contributed by atoms with E-state index in [0.29, 0.717) is 12.8 Å². The average molecular weight is 268 g/mol. The van der Waals surface area contributed by atoms with E-state index in [1.165, 1.54) is 0 Å². The van der Waals surface area contributed by atoms with Crippen LogP contribution in [0.2, 0.25) is 0 Å². The lowest BCUT2D eigenvalue weighted by Crippen LogP contribution is -2.14. The number of ether oxygens (including phenoxy) is 2. The Morgan fingerprint density at radius 2 is 2.11 bits per heavy atom. The molecule has 0 aromatic carbocycles. The largest absolute Gasteiger partial charge is 0.455 e. The van der Waals surface area contributed by atoms with Crippen molar-refractivity contribution in [2.45, 2.75) is 64.1 Å². The van der Waals surface area contributed by atoms with E-state index in [1.807, 2.05) is 13.0 Å². The molecule has 0 spiro atoms. The molecule has 0 aliphatic carbocycles. The van der Waals surface area contributed by atoms with Crippen molar-refractivity contribution in [3.05, 3.63) is 11.6 Å². The zero-order chi connectivity index (χ0) is 14.1. The fourth-order valence-corrected chi connectivity index (χ4v) is 2.28. The highest BCUT2D eigenvalue weighted by atomic mass is 16.5. The summed E-state index contributed by atoms with van der Waals surface area (Å²) < 4.78 is 10.5. The van der Waals surface area contributed by atoms with Gasteiger partial charge in [0, 0.05) is 25.5 Å². The molecule has 108 valence electrons. The third-order valence-electron chi connectivity index (χ3n) is 3.37. The number of unbranched alkanes of at least 4 members (excludes halogenated alkanes) is 4. The van der Waals surface area contributed by atoms with Gasteiger partial charge in [0.1, 0.15) is 12.4 Å². The average Bonchev–Trinajstić information content (AvgIpc) is 2.70. The van der Waals surface area contributed by atoms with Gasteiger partial charge < -0.3 is 14.3 Å². The molecule has 4 heteroatoms. The maximum Gasteiger partial charge on any atom is 0.334 e. The molecular weight excluding hydrogens is 244 g/mol. The predicted molar refractivity (Wildman–Crippen MR) is 72.8 cm³/mol. The van der Waals surface area contributed by atoms with Gasteiger partial charge in [-0.1, -0.05) is 19.3 Å². The molecule has 0 aromatic rings. The van der Waals surface area contributed by atoms with E-state index in [0.717, 1.165) is 44.0 Å². The Kier molecular flexibility index (Phi) is 7.41. The number of cyclic esters (lactones) is 1. The summed E-state index contributed by atoms with van der Waals surface area (Å²) in [5.74, 6) is -0.208. The molecule has 4 nitrogen and oxygen atoms in total. The first kappa shape index (κ1) is 15.9. The van der Waals surface area contributed by atoms with Crippen LogP contribution in [0, 0.1) is 0 Å². The van der Waals surface area contributed by atoms with Crippen molar-refractivity contribution >= 4 is 12.3 Å². The summed E-state index contributed by atoms with van der Waals surface area (Å²) in [5.41, 5.74) is 0.736. The van der Waals surface area contributed by atoms with Crippen molar-refractivity contribution in [2.75, 3.05) is 7.11 Å². The van der Waals surface area contributed by atoms with Gasteiger partial charge in [-0.3, -0.25) is 0 Å². The van der Waals surface area contributed by atoms with Crippen LogP contribution in [-0.2, 0) is 19.1 Å². The highest BCUT2D eigenvalue weighted by molar-refractivity contribution is 5.90. The van der Waals surface area contributed by atoms with Crippen LogP contribution in [0.25, 0.3) is 0 Å². The van der Waals surface area contributed by atoms with E-state index in [-0.39, 0.29) is 18.2 Å². The first-order valence-electron chi connectivity index (χ1n) is 7.05. The number of aldehydes is 1. The minimum absolute atomic E-state index is 0.0789. The number of carbonyl (C=O) groups is 2. The molecule has 0 saturated heterocycles. The molecule has 0 saturated carbocycles. The van der Waals surface area contributed by atoms with Crippen LogP contribution in [0.15, 0.2) is 11.6 Å². The van der Waals surface area contributed by atoms with Crippen molar-refractivity contribution in [2.24, 2.45) is 0 Å². The summed E-state index contributed by atoms with van der Waals surface area (Å²) in [5, 5.41) is 0. The Labute approximate surface area is 115 Å². The van der Waals surface area contributed by atoms with Gasteiger partial charge in [0.25, 0.3) is 0 Å². The van der Waals surface area contributed by atoms with Gasteiger partial charge in [0.15, 0.2) is 0 Å². The van der Waals surface area contributed by atoms with Crippen LogP contribution in [0.5, 0.6) is 0 Å². The predicted octanol–water partition coefficient (Wildman–Crippen LogP) is 2.80. The molecule has 0 N–H and O–H groups in total. The molecule has 2 unspecified atom stereocenters. The Balaban J connectivity index is 2.21. The van der Waals surface area contributed by atoms with Crippen molar-refractivity contribution < 1.29 is 19.1 Å². The lowest BCUT2D eigenvalue weighted by molar-refractivity contribution is -0.139. The lowest BCUT2D eigenvalue weighted by Gasteiger charge is -2.14. The fraction of sp³-hybridized carbons (Fsp3) is 0.733. The topological polar surface area (TPSA) is 52.6 Å². The molecule has 2 atom stereocenters. The van der Waals surface area contributed by atoms with E-state index >= 15 is 0 Å². The van der Waals surface area contributed by atoms with Crippen LogP contribution >= 0.6 is 0 Å². The zero-order valence-electron chi connectivity index (χ0n) is 11.9. The van der Waals surface area contributed by atoms with Gasteiger partial charge in [-0.25, -0.2) is 4.79 Å². The highest BCUT2D eigenvalue weighted by Gasteiger charge is 2.24. The van der Waals surface area contributed by atoms with Crippen molar-refractivity contribution in [1.82, 2.24) is 0 Å². The number of esters is 1. The SMILES string of the molecule is COC(CCCCCCC=O)CC1=CC(C)OC1=O. The Bertz CT molecular complexity index is 322. The number of carbonyl (C=O) groups excluding carboxylic acids is 2. The normalized spacial score (nSPS) is 20.0. The van der Waals surface area contributed by atoms with Gasteiger partial charge in [-0.2, -0.15) is 0 Å². The minimum atomic E-state index is -0.208. The van der Waals surface area contributed by atoms with Crippen LogP contribution in [0.1, 0.15) is 51.9 Å².